The summed E-state index contributed by atoms with van der Waals surface area (Å²) in [5, 5.41) is 3.27. The summed E-state index contributed by atoms with van der Waals surface area (Å²) in [4.78, 5) is 32.3. The van der Waals surface area contributed by atoms with Crippen LogP contribution in [0.5, 0.6) is 0 Å². The van der Waals surface area contributed by atoms with Crippen molar-refractivity contribution < 1.29 is 23.5 Å². The standard InChI is InChI=1S/C19H17ClFN2O4P/c1-23-11-16(15-10-13(20)4-7-17(15)23)18(28(25,26)27)19(24)22-9-8-12-2-5-14(21)6-3-12/h2-11,18H,1H3,(H,22,24)(H2,25,26,27)/b9-8+. The molecule has 0 spiro atoms. The Hall–Kier alpha value is -2.44. The van der Waals surface area contributed by atoms with Gasteiger partial charge < -0.3 is 19.7 Å². The van der Waals surface area contributed by atoms with Gasteiger partial charge in [-0.05, 0) is 42.0 Å². The molecular weight excluding hydrogens is 406 g/mol. The lowest BCUT2D eigenvalue weighted by atomic mass is 10.1. The van der Waals surface area contributed by atoms with Gasteiger partial charge in [0, 0.05) is 40.9 Å². The van der Waals surface area contributed by atoms with Gasteiger partial charge in [0.1, 0.15) is 5.82 Å². The Morgan fingerprint density at radius 2 is 1.93 bits per heavy atom. The molecule has 0 fully saturated rings. The third-order valence-electron chi connectivity index (χ3n) is 4.23. The first kappa shape index (κ1) is 20.3. The molecule has 1 atom stereocenters. The number of nitrogens with zero attached hydrogens (tertiary/aromatic N) is 1. The second-order valence-corrected chi connectivity index (χ2v) is 8.37. The van der Waals surface area contributed by atoms with Gasteiger partial charge in [0.05, 0.1) is 0 Å². The zero-order valence-electron chi connectivity index (χ0n) is 14.7. The number of amides is 1. The van der Waals surface area contributed by atoms with Crippen LogP contribution in [0, 0.1) is 5.82 Å². The number of hydrogen-bond acceptors (Lipinski definition) is 2. The molecule has 3 aromatic rings. The first-order valence-corrected chi connectivity index (χ1v) is 10.2. The minimum absolute atomic E-state index is 0.181. The maximum Gasteiger partial charge on any atom is 0.342 e. The Morgan fingerprint density at radius 3 is 2.57 bits per heavy atom. The summed E-state index contributed by atoms with van der Waals surface area (Å²) < 4.78 is 26.7. The van der Waals surface area contributed by atoms with Crippen LogP contribution in [0.25, 0.3) is 17.0 Å². The van der Waals surface area contributed by atoms with Crippen molar-refractivity contribution in [3.8, 4) is 0 Å². The predicted molar refractivity (Wildman–Crippen MR) is 106 cm³/mol. The fourth-order valence-corrected chi connectivity index (χ4v) is 4.08. The van der Waals surface area contributed by atoms with Crippen molar-refractivity contribution in [1.82, 2.24) is 9.88 Å². The quantitative estimate of drug-likeness (QED) is 0.542. The lowest BCUT2D eigenvalue weighted by Gasteiger charge is -2.16. The first-order chi connectivity index (χ1) is 13.2. The van der Waals surface area contributed by atoms with Crippen molar-refractivity contribution in [2.75, 3.05) is 0 Å². The Bertz CT molecular complexity index is 1110. The van der Waals surface area contributed by atoms with E-state index in [0.29, 0.717) is 21.5 Å². The highest BCUT2D eigenvalue weighted by molar-refractivity contribution is 7.53. The molecule has 0 radical (unpaired) electrons. The number of rotatable bonds is 5. The number of carbonyl (C=O) groups excluding carboxylic acids is 1. The molecule has 0 bridgehead atoms. The molecule has 146 valence electrons. The Labute approximate surface area is 165 Å². The van der Waals surface area contributed by atoms with E-state index in [0.717, 1.165) is 0 Å². The maximum atomic E-state index is 12.9. The third-order valence-corrected chi connectivity index (χ3v) is 5.65. The molecule has 1 unspecified atom stereocenters. The second kappa shape index (κ2) is 7.89. The topological polar surface area (TPSA) is 91.6 Å². The Kier molecular flexibility index (Phi) is 5.72. The van der Waals surface area contributed by atoms with Gasteiger partial charge in [-0.15, -0.1) is 0 Å². The molecule has 0 saturated heterocycles. The lowest BCUT2D eigenvalue weighted by Crippen LogP contribution is -2.25. The second-order valence-electron chi connectivity index (χ2n) is 6.24. The Morgan fingerprint density at radius 1 is 1.25 bits per heavy atom. The first-order valence-electron chi connectivity index (χ1n) is 8.19. The van der Waals surface area contributed by atoms with Crippen molar-refractivity contribution in [1.29, 1.82) is 0 Å². The minimum Gasteiger partial charge on any atom is -0.350 e. The molecule has 0 saturated carbocycles. The number of hydrogen-bond donors (Lipinski definition) is 3. The van der Waals surface area contributed by atoms with Crippen LogP contribution < -0.4 is 5.32 Å². The van der Waals surface area contributed by atoms with E-state index in [2.05, 4.69) is 5.32 Å². The molecule has 9 heteroatoms. The molecule has 1 amide bonds. The molecule has 28 heavy (non-hydrogen) atoms. The van der Waals surface area contributed by atoms with Gasteiger partial charge in [0.15, 0.2) is 5.66 Å². The van der Waals surface area contributed by atoms with Gasteiger partial charge in [0.25, 0.3) is 0 Å². The zero-order chi connectivity index (χ0) is 20.5. The van der Waals surface area contributed by atoms with Gasteiger partial charge in [-0.2, -0.15) is 0 Å². The molecule has 2 aromatic carbocycles. The van der Waals surface area contributed by atoms with Gasteiger partial charge in [-0.1, -0.05) is 23.7 Å². The van der Waals surface area contributed by atoms with Gasteiger partial charge in [-0.25, -0.2) is 4.39 Å². The van der Waals surface area contributed by atoms with E-state index in [9.17, 15) is 23.5 Å². The molecule has 0 aliphatic carbocycles. The number of halogens is 2. The van der Waals surface area contributed by atoms with Crippen molar-refractivity contribution in [3.05, 3.63) is 76.8 Å². The molecule has 1 aromatic heterocycles. The normalized spacial score (nSPS) is 13.2. The lowest BCUT2D eigenvalue weighted by molar-refractivity contribution is -0.120. The SMILES string of the molecule is Cn1cc(C(C(=O)N/C=C/c2ccc(F)cc2)P(=O)(O)O)c2cc(Cl)ccc21. The highest BCUT2D eigenvalue weighted by Gasteiger charge is 2.39. The van der Waals surface area contributed by atoms with Crippen molar-refractivity contribution in [2.24, 2.45) is 7.05 Å². The highest BCUT2D eigenvalue weighted by Crippen LogP contribution is 2.53. The van der Waals surface area contributed by atoms with Crippen LogP contribution in [0.4, 0.5) is 4.39 Å². The van der Waals surface area contributed by atoms with Crippen LogP contribution in [0.1, 0.15) is 16.8 Å². The fraction of sp³-hybridized carbons (Fsp3) is 0.105. The minimum atomic E-state index is -4.83. The van der Waals surface area contributed by atoms with Crippen LogP contribution in [0.3, 0.4) is 0 Å². The van der Waals surface area contributed by atoms with Gasteiger partial charge in [-0.3, -0.25) is 9.36 Å². The van der Waals surface area contributed by atoms with E-state index in [1.54, 1.807) is 29.8 Å². The Balaban J connectivity index is 1.93. The van der Waals surface area contributed by atoms with Gasteiger partial charge in [0.2, 0.25) is 5.91 Å². The van der Waals surface area contributed by atoms with Crippen molar-refractivity contribution in [3.63, 3.8) is 0 Å². The molecule has 6 nitrogen and oxygen atoms in total. The average molecular weight is 423 g/mol. The molecule has 1 heterocycles. The van der Waals surface area contributed by atoms with E-state index in [4.69, 9.17) is 11.6 Å². The van der Waals surface area contributed by atoms with Crippen LogP contribution >= 0.6 is 19.2 Å². The summed E-state index contributed by atoms with van der Waals surface area (Å²) in [6.07, 6.45) is 4.26. The molecule has 0 aliphatic rings. The maximum absolute atomic E-state index is 12.9. The van der Waals surface area contributed by atoms with Crippen molar-refractivity contribution >= 4 is 42.1 Å². The smallest absolute Gasteiger partial charge is 0.342 e. The number of aromatic nitrogens is 1. The molecule has 3 N–H and O–H groups in total. The van der Waals surface area contributed by atoms with E-state index in [1.807, 2.05) is 0 Å². The fourth-order valence-electron chi connectivity index (χ4n) is 2.96. The third kappa shape index (κ3) is 4.34. The van der Waals surface area contributed by atoms with Crippen LogP contribution in [-0.2, 0) is 16.4 Å². The average Bonchev–Trinajstić information content (AvgIpc) is 2.91. The van der Waals surface area contributed by atoms with E-state index in [-0.39, 0.29) is 5.56 Å². The summed E-state index contributed by atoms with van der Waals surface area (Å²) in [6.45, 7) is 0. The monoisotopic (exact) mass is 422 g/mol. The van der Waals surface area contributed by atoms with E-state index < -0.39 is 25.0 Å². The van der Waals surface area contributed by atoms with Crippen LogP contribution in [0.15, 0.2) is 54.9 Å². The number of benzene rings is 2. The molecule has 3 rings (SSSR count). The summed E-state index contributed by atoms with van der Waals surface area (Å²) in [5.41, 5.74) is -0.215. The van der Waals surface area contributed by atoms with Crippen LogP contribution in [0.2, 0.25) is 5.02 Å². The predicted octanol–water partition coefficient (Wildman–Crippen LogP) is 3.98. The van der Waals surface area contributed by atoms with E-state index >= 15 is 0 Å². The van der Waals surface area contributed by atoms with Crippen LogP contribution in [-0.4, -0.2) is 20.3 Å². The number of fused-ring (bicyclic) bond motifs is 1. The number of carbonyl (C=O) groups is 1. The largest absolute Gasteiger partial charge is 0.350 e. The zero-order valence-corrected chi connectivity index (χ0v) is 16.4. The van der Waals surface area contributed by atoms with Gasteiger partial charge >= 0.3 is 7.60 Å². The summed E-state index contributed by atoms with van der Waals surface area (Å²) >= 11 is 6.02. The van der Waals surface area contributed by atoms with E-state index in [1.165, 1.54) is 42.7 Å². The summed E-state index contributed by atoms with van der Waals surface area (Å²) in [5.74, 6) is -1.25. The summed E-state index contributed by atoms with van der Waals surface area (Å²) in [6, 6.07) is 10.5. The highest BCUT2D eigenvalue weighted by atomic mass is 35.5. The van der Waals surface area contributed by atoms with Crippen molar-refractivity contribution in [2.45, 2.75) is 5.66 Å². The molecule has 0 aliphatic heterocycles. The number of aryl methyl sites for hydroxylation is 1. The molecular formula is C19H17ClFN2O4P. The summed E-state index contributed by atoms with van der Waals surface area (Å²) in [7, 11) is -3.12. The number of nitrogens with one attached hydrogen (secondary N) is 1.